The monoisotopic (exact) mass is 216 g/mol. The van der Waals surface area contributed by atoms with Gasteiger partial charge in [-0.2, -0.15) is 5.26 Å². The highest BCUT2D eigenvalue weighted by Crippen LogP contribution is 2.33. The number of anilines is 1. The topological polar surface area (TPSA) is 62.1 Å². The number of carbonyl (C=O) groups is 1. The Kier molecular flexibility index (Phi) is 2.31. The lowest BCUT2D eigenvalue weighted by Crippen LogP contribution is -2.26. The number of amides is 1. The van der Waals surface area contributed by atoms with E-state index < -0.39 is 5.41 Å². The Labute approximate surface area is 93.8 Å². The van der Waals surface area contributed by atoms with Crippen molar-refractivity contribution in [1.29, 1.82) is 5.26 Å². The Morgan fingerprint density at radius 2 is 2.25 bits per heavy atom. The van der Waals surface area contributed by atoms with Crippen molar-refractivity contribution in [3.05, 3.63) is 23.8 Å². The van der Waals surface area contributed by atoms with E-state index in [9.17, 15) is 4.79 Å². The van der Waals surface area contributed by atoms with Crippen LogP contribution in [0.4, 0.5) is 5.69 Å². The summed E-state index contributed by atoms with van der Waals surface area (Å²) in [5.74, 6) is 0.472. The van der Waals surface area contributed by atoms with Crippen molar-refractivity contribution in [1.82, 2.24) is 0 Å². The Morgan fingerprint density at radius 3 is 2.94 bits per heavy atom. The van der Waals surface area contributed by atoms with Gasteiger partial charge in [0.15, 0.2) is 6.61 Å². The number of rotatable bonds is 1. The lowest BCUT2D eigenvalue weighted by Gasteiger charge is -2.22. The Balaban J connectivity index is 2.41. The van der Waals surface area contributed by atoms with Crippen molar-refractivity contribution < 1.29 is 9.53 Å². The van der Waals surface area contributed by atoms with Gasteiger partial charge in [0, 0.05) is 0 Å². The summed E-state index contributed by atoms with van der Waals surface area (Å²) in [5.41, 5.74) is 0.985. The second kappa shape index (κ2) is 3.53. The molecule has 1 aliphatic heterocycles. The van der Waals surface area contributed by atoms with Gasteiger partial charge in [-0.3, -0.25) is 4.79 Å². The van der Waals surface area contributed by atoms with Crippen LogP contribution in [-0.4, -0.2) is 12.5 Å². The van der Waals surface area contributed by atoms with Crippen LogP contribution in [0.5, 0.6) is 5.75 Å². The SMILES string of the molecule is CC(C)(C#N)c1ccc2c(c1)OCC(=O)N2. The molecule has 1 aromatic carbocycles. The van der Waals surface area contributed by atoms with E-state index in [4.69, 9.17) is 10.00 Å². The summed E-state index contributed by atoms with van der Waals surface area (Å²) in [5, 5.41) is 11.7. The normalized spacial score (nSPS) is 14.4. The van der Waals surface area contributed by atoms with Crippen LogP contribution in [0, 0.1) is 11.3 Å². The molecule has 0 spiro atoms. The average molecular weight is 216 g/mol. The molecule has 0 radical (unpaired) electrons. The molecular weight excluding hydrogens is 204 g/mol. The van der Waals surface area contributed by atoms with Crippen LogP contribution in [0.3, 0.4) is 0 Å². The van der Waals surface area contributed by atoms with Crippen molar-refractivity contribution in [2.75, 3.05) is 11.9 Å². The summed E-state index contributed by atoms with van der Waals surface area (Å²) in [6.45, 7) is 3.72. The van der Waals surface area contributed by atoms with Gasteiger partial charge in [-0.05, 0) is 31.5 Å². The number of nitrogens with zero attached hydrogens (tertiary/aromatic N) is 1. The quantitative estimate of drug-likeness (QED) is 0.778. The van der Waals surface area contributed by atoms with Crippen LogP contribution in [-0.2, 0) is 10.2 Å². The van der Waals surface area contributed by atoms with Gasteiger partial charge in [-0.1, -0.05) is 6.07 Å². The third-order valence-electron chi connectivity index (χ3n) is 2.62. The predicted octanol–water partition coefficient (Wildman–Crippen LogP) is 1.82. The molecule has 16 heavy (non-hydrogen) atoms. The van der Waals surface area contributed by atoms with Gasteiger partial charge in [0.1, 0.15) is 5.75 Å². The standard InChI is InChI=1S/C12H12N2O2/c1-12(2,7-13)8-3-4-9-10(5-8)16-6-11(15)14-9/h3-5H,6H2,1-2H3,(H,14,15). The van der Waals surface area contributed by atoms with Crippen molar-refractivity contribution in [3.63, 3.8) is 0 Å². The van der Waals surface area contributed by atoms with E-state index >= 15 is 0 Å². The molecule has 1 aromatic rings. The number of carbonyl (C=O) groups excluding carboxylic acids is 1. The van der Waals surface area contributed by atoms with Crippen molar-refractivity contribution >= 4 is 11.6 Å². The molecule has 0 aromatic heterocycles. The zero-order chi connectivity index (χ0) is 11.8. The summed E-state index contributed by atoms with van der Waals surface area (Å²) in [6.07, 6.45) is 0. The first kappa shape index (κ1) is 10.5. The van der Waals surface area contributed by atoms with E-state index in [-0.39, 0.29) is 12.5 Å². The first-order chi connectivity index (χ1) is 7.53. The average Bonchev–Trinajstić information content (AvgIpc) is 2.28. The van der Waals surface area contributed by atoms with Gasteiger partial charge >= 0.3 is 0 Å². The lowest BCUT2D eigenvalue weighted by atomic mass is 9.86. The summed E-state index contributed by atoms with van der Waals surface area (Å²) in [4.78, 5) is 11.1. The highest BCUT2D eigenvalue weighted by molar-refractivity contribution is 5.95. The number of ether oxygens (including phenoxy) is 1. The van der Waals surface area contributed by atoms with Crippen LogP contribution >= 0.6 is 0 Å². The Morgan fingerprint density at radius 1 is 1.50 bits per heavy atom. The highest BCUT2D eigenvalue weighted by Gasteiger charge is 2.23. The molecule has 2 rings (SSSR count). The van der Waals surface area contributed by atoms with Gasteiger partial charge < -0.3 is 10.1 Å². The second-order valence-electron chi connectivity index (χ2n) is 4.28. The van der Waals surface area contributed by atoms with E-state index in [1.165, 1.54) is 0 Å². The van der Waals surface area contributed by atoms with Gasteiger partial charge in [0.25, 0.3) is 5.91 Å². The fraction of sp³-hybridized carbons (Fsp3) is 0.333. The van der Waals surface area contributed by atoms with E-state index in [1.807, 2.05) is 19.9 Å². The summed E-state index contributed by atoms with van der Waals surface area (Å²) in [6, 6.07) is 7.63. The zero-order valence-electron chi connectivity index (χ0n) is 9.20. The number of hydrogen-bond acceptors (Lipinski definition) is 3. The summed E-state index contributed by atoms with van der Waals surface area (Å²) >= 11 is 0. The molecule has 1 heterocycles. The molecule has 1 N–H and O–H groups in total. The number of hydrogen-bond donors (Lipinski definition) is 1. The fourth-order valence-corrected chi connectivity index (χ4v) is 1.53. The van der Waals surface area contributed by atoms with Gasteiger partial charge in [0.05, 0.1) is 17.2 Å². The number of nitrogens with one attached hydrogen (secondary N) is 1. The summed E-state index contributed by atoms with van der Waals surface area (Å²) < 4.78 is 5.29. The van der Waals surface area contributed by atoms with Crippen LogP contribution in [0.1, 0.15) is 19.4 Å². The highest BCUT2D eigenvalue weighted by atomic mass is 16.5. The lowest BCUT2D eigenvalue weighted by molar-refractivity contribution is -0.118. The Bertz CT molecular complexity index is 486. The number of fused-ring (bicyclic) bond motifs is 1. The molecule has 0 unspecified atom stereocenters. The second-order valence-corrected chi connectivity index (χ2v) is 4.28. The molecule has 0 saturated carbocycles. The molecule has 0 fully saturated rings. The van der Waals surface area contributed by atoms with E-state index in [0.29, 0.717) is 11.4 Å². The molecule has 0 atom stereocenters. The van der Waals surface area contributed by atoms with E-state index in [0.717, 1.165) is 5.56 Å². The van der Waals surface area contributed by atoms with Crippen LogP contribution < -0.4 is 10.1 Å². The molecule has 0 saturated heterocycles. The van der Waals surface area contributed by atoms with E-state index in [2.05, 4.69) is 11.4 Å². The van der Waals surface area contributed by atoms with Crippen molar-refractivity contribution in [3.8, 4) is 11.8 Å². The first-order valence-corrected chi connectivity index (χ1v) is 5.01. The van der Waals surface area contributed by atoms with Crippen LogP contribution in [0.25, 0.3) is 0 Å². The third-order valence-corrected chi connectivity index (χ3v) is 2.62. The molecule has 1 amide bonds. The molecular formula is C12H12N2O2. The minimum Gasteiger partial charge on any atom is -0.482 e. The summed E-state index contributed by atoms with van der Waals surface area (Å²) in [7, 11) is 0. The van der Waals surface area contributed by atoms with Crippen molar-refractivity contribution in [2.45, 2.75) is 19.3 Å². The van der Waals surface area contributed by atoms with Crippen molar-refractivity contribution in [2.24, 2.45) is 0 Å². The molecule has 0 aliphatic carbocycles. The number of benzene rings is 1. The molecule has 4 nitrogen and oxygen atoms in total. The molecule has 1 aliphatic rings. The predicted molar refractivity (Wildman–Crippen MR) is 59.2 cm³/mol. The van der Waals surface area contributed by atoms with Gasteiger partial charge in [-0.25, -0.2) is 0 Å². The zero-order valence-corrected chi connectivity index (χ0v) is 9.20. The maximum Gasteiger partial charge on any atom is 0.262 e. The van der Waals surface area contributed by atoms with E-state index in [1.54, 1.807) is 12.1 Å². The number of nitriles is 1. The maximum atomic E-state index is 11.1. The van der Waals surface area contributed by atoms with Crippen LogP contribution in [0.15, 0.2) is 18.2 Å². The smallest absolute Gasteiger partial charge is 0.262 e. The van der Waals surface area contributed by atoms with Crippen LogP contribution in [0.2, 0.25) is 0 Å². The minimum absolute atomic E-state index is 0.0312. The third kappa shape index (κ3) is 1.72. The first-order valence-electron chi connectivity index (χ1n) is 5.01. The van der Waals surface area contributed by atoms with Gasteiger partial charge in [-0.15, -0.1) is 0 Å². The Hall–Kier alpha value is -2.02. The maximum absolute atomic E-state index is 11.1. The molecule has 0 bridgehead atoms. The molecule has 82 valence electrons. The largest absolute Gasteiger partial charge is 0.482 e. The molecule has 4 heteroatoms. The van der Waals surface area contributed by atoms with Gasteiger partial charge in [0.2, 0.25) is 0 Å². The minimum atomic E-state index is -0.556. The fourth-order valence-electron chi connectivity index (χ4n) is 1.53.